The fourth-order valence-corrected chi connectivity index (χ4v) is 3.59. The molecule has 6 heteroatoms. The number of benzene rings is 2. The van der Waals surface area contributed by atoms with Crippen LogP contribution in [0.4, 0.5) is 5.13 Å². The lowest BCUT2D eigenvalue weighted by Gasteiger charge is -2.38. The number of carbonyl (C=O) groups is 1. The van der Waals surface area contributed by atoms with E-state index in [2.05, 4.69) is 16.0 Å². The van der Waals surface area contributed by atoms with Crippen LogP contribution in [0.5, 0.6) is 5.75 Å². The lowest BCUT2D eigenvalue weighted by molar-refractivity contribution is 0.0234. The number of aromatic nitrogens is 1. The Hall–Kier alpha value is -2.60. The molecule has 0 atom stereocenters. The number of thiazole rings is 1. The van der Waals surface area contributed by atoms with E-state index in [1.165, 1.54) is 4.70 Å². The Bertz CT molecular complexity index is 836. The number of hydrogen-bond acceptors (Lipinski definition) is 6. The SMILES string of the molecule is COc1ccc(C(=O)OC2CN(c3nc4ccccc4s3)C2)cc1. The van der Waals surface area contributed by atoms with Gasteiger partial charge in [-0.15, -0.1) is 0 Å². The number of carbonyl (C=O) groups excluding carboxylic acids is 1. The van der Waals surface area contributed by atoms with Crippen LogP contribution in [0.2, 0.25) is 0 Å². The predicted molar refractivity (Wildman–Crippen MR) is 94.0 cm³/mol. The number of para-hydroxylation sites is 1. The summed E-state index contributed by atoms with van der Waals surface area (Å²) in [7, 11) is 1.60. The molecule has 1 aliphatic heterocycles. The third kappa shape index (κ3) is 2.80. The fraction of sp³-hybridized carbons (Fsp3) is 0.222. The molecule has 0 N–H and O–H groups in total. The molecule has 0 amide bonds. The van der Waals surface area contributed by atoms with Gasteiger partial charge in [-0.25, -0.2) is 9.78 Å². The minimum absolute atomic E-state index is 0.0911. The van der Waals surface area contributed by atoms with E-state index < -0.39 is 0 Å². The molecule has 3 aromatic rings. The average molecular weight is 340 g/mol. The van der Waals surface area contributed by atoms with Gasteiger partial charge < -0.3 is 14.4 Å². The van der Waals surface area contributed by atoms with Crippen molar-refractivity contribution in [3.63, 3.8) is 0 Å². The summed E-state index contributed by atoms with van der Waals surface area (Å²) in [5.74, 6) is 0.420. The second-order valence-electron chi connectivity index (χ2n) is 5.62. The monoisotopic (exact) mass is 340 g/mol. The minimum Gasteiger partial charge on any atom is -0.497 e. The second-order valence-corrected chi connectivity index (χ2v) is 6.63. The molecular weight excluding hydrogens is 324 g/mol. The number of hydrogen-bond donors (Lipinski definition) is 0. The van der Waals surface area contributed by atoms with Gasteiger partial charge in [-0.05, 0) is 36.4 Å². The van der Waals surface area contributed by atoms with E-state index in [1.807, 2.05) is 18.2 Å². The number of nitrogens with zero attached hydrogens (tertiary/aromatic N) is 2. The molecule has 0 saturated carbocycles. The topological polar surface area (TPSA) is 51.7 Å². The van der Waals surface area contributed by atoms with Gasteiger partial charge >= 0.3 is 5.97 Å². The lowest BCUT2D eigenvalue weighted by Crippen LogP contribution is -2.53. The smallest absolute Gasteiger partial charge is 0.338 e. The normalized spacial score (nSPS) is 14.5. The Morgan fingerprint density at radius 3 is 2.62 bits per heavy atom. The van der Waals surface area contributed by atoms with E-state index in [0.29, 0.717) is 18.7 Å². The zero-order valence-corrected chi connectivity index (χ0v) is 14.0. The molecular formula is C18H16N2O3S. The highest BCUT2D eigenvalue weighted by atomic mass is 32.1. The maximum atomic E-state index is 12.1. The quantitative estimate of drug-likeness (QED) is 0.682. The Morgan fingerprint density at radius 2 is 1.92 bits per heavy atom. The summed E-state index contributed by atoms with van der Waals surface area (Å²) in [6, 6.07) is 15.0. The summed E-state index contributed by atoms with van der Waals surface area (Å²) in [6.45, 7) is 1.36. The molecule has 1 aliphatic rings. The molecule has 1 saturated heterocycles. The molecule has 122 valence electrons. The van der Waals surface area contributed by atoms with Crippen molar-refractivity contribution in [3.05, 3.63) is 54.1 Å². The van der Waals surface area contributed by atoms with Crippen molar-refractivity contribution in [1.29, 1.82) is 0 Å². The van der Waals surface area contributed by atoms with Crippen molar-refractivity contribution < 1.29 is 14.3 Å². The first-order valence-electron chi connectivity index (χ1n) is 7.68. The van der Waals surface area contributed by atoms with Gasteiger partial charge in [-0.3, -0.25) is 0 Å². The number of methoxy groups -OCH3 is 1. The molecule has 2 heterocycles. The van der Waals surface area contributed by atoms with E-state index in [4.69, 9.17) is 9.47 Å². The highest BCUT2D eigenvalue weighted by molar-refractivity contribution is 7.22. The van der Waals surface area contributed by atoms with Crippen LogP contribution in [0.1, 0.15) is 10.4 Å². The van der Waals surface area contributed by atoms with Crippen LogP contribution >= 0.6 is 11.3 Å². The molecule has 2 aromatic carbocycles. The third-order valence-electron chi connectivity index (χ3n) is 4.00. The standard InChI is InChI=1S/C18H16N2O3S/c1-22-13-8-6-12(7-9-13)17(21)23-14-10-20(11-14)18-19-15-4-2-3-5-16(15)24-18/h2-9,14H,10-11H2,1H3. The van der Waals surface area contributed by atoms with Crippen molar-refractivity contribution in [1.82, 2.24) is 4.98 Å². The van der Waals surface area contributed by atoms with Crippen LogP contribution in [0.15, 0.2) is 48.5 Å². The molecule has 0 spiro atoms. The van der Waals surface area contributed by atoms with Crippen molar-refractivity contribution >= 4 is 32.7 Å². The first-order valence-corrected chi connectivity index (χ1v) is 8.50. The highest BCUT2D eigenvalue weighted by Crippen LogP contribution is 2.31. The van der Waals surface area contributed by atoms with Gasteiger partial charge in [0.25, 0.3) is 0 Å². The molecule has 1 fully saturated rings. The molecule has 1 aromatic heterocycles. The maximum Gasteiger partial charge on any atom is 0.338 e. The lowest BCUT2D eigenvalue weighted by atomic mass is 10.1. The van der Waals surface area contributed by atoms with Crippen molar-refractivity contribution in [2.45, 2.75) is 6.10 Å². The van der Waals surface area contributed by atoms with E-state index >= 15 is 0 Å². The molecule has 4 rings (SSSR count). The van der Waals surface area contributed by atoms with Gasteiger partial charge in [0.15, 0.2) is 5.13 Å². The summed E-state index contributed by atoms with van der Waals surface area (Å²) in [4.78, 5) is 18.9. The van der Waals surface area contributed by atoms with Gasteiger partial charge in [-0.2, -0.15) is 0 Å². The first kappa shape index (κ1) is 15.0. The van der Waals surface area contributed by atoms with Crippen molar-refractivity contribution in [3.8, 4) is 5.75 Å². The van der Waals surface area contributed by atoms with Crippen molar-refractivity contribution in [2.24, 2.45) is 0 Å². The van der Waals surface area contributed by atoms with Gasteiger partial charge in [0.2, 0.25) is 0 Å². The fourth-order valence-electron chi connectivity index (χ4n) is 2.61. The second kappa shape index (κ2) is 6.13. The van der Waals surface area contributed by atoms with Crippen LogP contribution in [-0.4, -0.2) is 37.3 Å². The average Bonchev–Trinajstić information content (AvgIpc) is 3.01. The number of fused-ring (bicyclic) bond motifs is 1. The Kier molecular flexibility index (Phi) is 3.82. The van der Waals surface area contributed by atoms with Gasteiger partial charge in [0.05, 0.1) is 36.0 Å². The zero-order chi connectivity index (χ0) is 16.5. The minimum atomic E-state index is -0.299. The first-order chi connectivity index (χ1) is 11.7. The van der Waals surface area contributed by atoms with Gasteiger partial charge in [0, 0.05) is 0 Å². The van der Waals surface area contributed by atoms with E-state index in [1.54, 1.807) is 42.7 Å². The zero-order valence-electron chi connectivity index (χ0n) is 13.1. The van der Waals surface area contributed by atoms with Crippen LogP contribution in [-0.2, 0) is 4.74 Å². The molecule has 0 radical (unpaired) electrons. The van der Waals surface area contributed by atoms with Crippen LogP contribution in [0.25, 0.3) is 10.2 Å². The van der Waals surface area contributed by atoms with E-state index in [9.17, 15) is 4.79 Å². The van der Waals surface area contributed by atoms with E-state index in [-0.39, 0.29) is 12.1 Å². The number of anilines is 1. The molecule has 0 unspecified atom stereocenters. The molecule has 5 nitrogen and oxygen atoms in total. The number of rotatable bonds is 4. The van der Waals surface area contributed by atoms with E-state index in [0.717, 1.165) is 16.4 Å². The summed E-state index contributed by atoms with van der Waals surface area (Å²) in [6.07, 6.45) is -0.0911. The largest absolute Gasteiger partial charge is 0.497 e. The molecule has 24 heavy (non-hydrogen) atoms. The van der Waals surface area contributed by atoms with Crippen LogP contribution in [0.3, 0.4) is 0 Å². The molecule has 0 aliphatic carbocycles. The highest BCUT2D eigenvalue weighted by Gasteiger charge is 2.32. The Morgan fingerprint density at radius 1 is 1.17 bits per heavy atom. The molecule has 0 bridgehead atoms. The third-order valence-corrected chi connectivity index (χ3v) is 5.10. The van der Waals surface area contributed by atoms with Crippen LogP contribution < -0.4 is 9.64 Å². The Balaban J connectivity index is 1.36. The van der Waals surface area contributed by atoms with Gasteiger partial charge in [0.1, 0.15) is 11.9 Å². The predicted octanol–water partition coefficient (Wildman–Crippen LogP) is 3.35. The number of esters is 1. The summed E-state index contributed by atoms with van der Waals surface area (Å²) >= 11 is 1.66. The maximum absolute atomic E-state index is 12.1. The summed E-state index contributed by atoms with van der Waals surface area (Å²) in [5, 5.41) is 0.980. The summed E-state index contributed by atoms with van der Waals surface area (Å²) in [5.41, 5.74) is 1.55. The Labute approximate surface area is 143 Å². The van der Waals surface area contributed by atoms with Crippen molar-refractivity contribution in [2.75, 3.05) is 25.1 Å². The van der Waals surface area contributed by atoms with Crippen LogP contribution in [0, 0.1) is 0 Å². The van der Waals surface area contributed by atoms with Gasteiger partial charge in [-0.1, -0.05) is 23.5 Å². The number of ether oxygens (including phenoxy) is 2. The summed E-state index contributed by atoms with van der Waals surface area (Å²) < 4.78 is 11.8.